The monoisotopic (exact) mass is 393 g/mol. The summed E-state index contributed by atoms with van der Waals surface area (Å²) < 4.78 is 53.8. The van der Waals surface area contributed by atoms with Crippen molar-refractivity contribution in [2.45, 2.75) is 25.6 Å². The third-order valence-electron chi connectivity index (χ3n) is 4.11. The predicted molar refractivity (Wildman–Crippen MR) is 92.1 cm³/mol. The van der Waals surface area contributed by atoms with E-state index < -0.39 is 23.4 Å². The van der Waals surface area contributed by atoms with Gasteiger partial charge in [-0.15, -0.1) is 5.10 Å². The molecule has 3 aromatic rings. The summed E-state index contributed by atoms with van der Waals surface area (Å²) in [5.74, 6) is -1.36. The van der Waals surface area contributed by atoms with Gasteiger partial charge in [0.15, 0.2) is 0 Å². The number of nitrogens with zero attached hydrogens (tertiary/aromatic N) is 4. The van der Waals surface area contributed by atoms with Crippen LogP contribution in [0.25, 0.3) is 16.8 Å². The maximum absolute atomic E-state index is 13.2. The molecule has 1 amide bonds. The average molecular weight is 393 g/mol. The zero-order chi connectivity index (χ0) is 20.5. The van der Waals surface area contributed by atoms with Crippen LogP contribution < -0.4 is 5.32 Å². The van der Waals surface area contributed by atoms with Gasteiger partial charge in [0.25, 0.3) is 5.91 Å². The quantitative estimate of drug-likeness (QED) is 0.689. The Morgan fingerprint density at radius 3 is 2.29 bits per heavy atom. The minimum absolute atomic E-state index is 0.0235. The molecule has 3 rings (SSSR count). The number of hydrogen-bond acceptors (Lipinski definition) is 4. The Hall–Kier alpha value is -3.30. The van der Waals surface area contributed by atoms with Gasteiger partial charge in [-0.25, -0.2) is 9.07 Å². The fourth-order valence-electron chi connectivity index (χ4n) is 2.39. The van der Waals surface area contributed by atoms with Crippen LogP contribution in [-0.4, -0.2) is 37.8 Å². The second-order valence-electron chi connectivity index (χ2n) is 6.61. The van der Waals surface area contributed by atoms with E-state index in [0.717, 1.165) is 13.8 Å². The lowest BCUT2D eigenvalue weighted by Crippen LogP contribution is -2.54. The van der Waals surface area contributed by atoms with E-state index in [1.165, 1.54) is 47.4 Å². The van der Waals surface area contributed by atoms with Crippen LogP contribution in [0, 0.1) is 5.82 Å². The highest BCUT2D eigenvalue weighted by atomic mass is 19.4. The first-order chi connectivity index (χ1) is 13.1. The van der Waals surface area contributed by atoms with Crippen molar-refractivity contribution in [2.24, 2.45) is 0 Å². The second kappa shape index (κ2) is 7.02. The molecule has 146 valence electrons. The zero-order valence-electron chi connectivity index (χ0n) is 14.8. The molecule has 0 atom stereocenters. The topological polar surface area (TPSA) is 72.7 Å². The van der Waals surface area contributed by atoms with Crippen molar-refractivity contribution >= 4 is 5.91 Å². The molecule has 0 saturated heterocycles. The molecule has 0 aliphatic carbocycles. The summed E-state index contributed by atoms with van der Waals surface area (Å²) in [5, 5.41) is 12.7. The summed E-state index contributed by atoms with van der Waals surface area (Å²) in [6.07, 6.45) is -3.35. The summed E-state index contributed by atoms with van der Waals surface area (Å²) in [6.45, 7) is 1.74. The van der Waals surface area contributed by atoms with Crippen molar-refractivity contribution in [3.63, 3.8) is 0 Å². The van der Waals surface area contributed by atoms with Crippen molar-refractivity contribution in [2.75, 3.05) is 0 Å². The first kappa shape index (κ1) is 19.5. The van der Waals surface area contributed by atoms with Gasteiger partial charge in [0.05, 0.1) is 5.69 Å². The molecule has 28 heavy (non-hydrogen) atoms. The Morgan fingerprint density at radius 2 is 1.71 bits per heavy atom. The van der Waals surface area contributed by atoms with Gasteiger partial charge in [-0.2, -0.15) is 13.2 Å². The molecule has 10 heteroatoms. The van der Waals surface area contributed by atoms with Crippen molar-refractivity contribution in [3.05, 3.63) is 60.2 Å². The molecule has 0 bridgehead atoms. The predicted octanol–water partition coefficient (Wildman–Crippen LogP) is 3.54. The second-order valence-corrected chi connectivity index (χ2v) is 6.61. The third kappa shape index (κ3) is 4.00. The normalized spacial score (nSPS) is 12.1. The Morgan fingerprint density at radius 1 is 1.04 bits per heavy atom. The third-order valence-corrected chi connectivity index (χ3v) is 4.11. The van der Waals surface area contributed by atoms with Crippen molar-refractivity contribution in [1.82, 2.24) is 25.5 Å². The van der Waals surface area contributed by atoms with Gasteiger partial charge in [-0.3, -0.25) is 4.79 Å². The van der Waals surface area contributed by atoms with Crippen LogP contribution >= 0.6 is 0 Å². The van der Waals surface area contributed by atoms with E-state index in [1.54, 1.807) is 6.07 Å². The molecule has 0 aliphatic heterocycles. The molecule has 6 nitrogen and oxygen atoms in total. The molecule has 0 fully saturated rings. The molecule has 1 heterocycles. The summed E-state index contributed by atoms with van der Waals surface area (Å²) in [7, 11) is 0. The number of amides is 1. The molecular formula is C18H15F4N5O. The molecule has 1 aromatic heterocycles. The molecule has 0 spiro atoms. The summed E-state index contributed by atoms with van der Waals surface area (Å²) in [5.41, 5.74) is -1.03. The van der Waals surface area contributed by atoms with E-state index in [-0.39, 0.29) is 5.56 Å². The van der Waals surface area contributed by atoms with Crippen molar-refractivity contribution in [1.29, 1.82) is 0 Å². The maximum Gasteiger partial charge on any atom is 0.410 e. The van der Waals surface area contributed by atoms with E-state index in [9.17, 15) is 22.4 Å². The Balaban J connectivity index is 2.05. The summed E-state index contributed by atoms with van der Waals surface area (Å²) in [4.78, 5) is 12.5. The largest absolute Gasteiger partial charge is 0.410 e. The van der Waals surface area contributed by atoms with Crippen LogP contribution in [0.3, 0.4) is 0 Å². The number of alkyl halides is 3. The molecule has 0 saturated carbocycles. The highest BCUT2D eigenvalue weighted by molar-refractivity contribution is 5.96. The zero-order valence-corrected chi connectivity index (χ0v) is 14.8. The summed E-state index contributed by atoms with van der Waals surface area (Å²) in [6, 6.07) is 9.89. The minimum atomic E-state index is -4.63. The number of carbonyl (C=O) groups excluding carboxylic acids is 1. The number of carbonyl (C=O) groups is 1. The standard InChI is InChI=1S/C18H15F4N5O/c1-17(2,18(20,21)22)24-16(28)13-7-12(11-3-5-14(19)6-4-11)8-15(9-13)27-10-23-25-26-27/h3-10H,1-2H3,(H,24,28). The van der Waals surface area contributed by atoms with Crippen LogP contribution in [0.1, 0.15) is 24.2 Å². The molecular weight excluding hydrogens is 378 g/mol. The van der Waals surface area contributed by atoms with E-state index in [4.69, 9.17) is 0 Å². The average Bonchev–Trinajstić information content (AvgIpc) is 3.15. The van der Waals surface area contributed by atoms with Crippen molar-refractivity contribution in [3.8, 4) is 16.8 Å². The number of halogens is 4. The first-order valence-corrected chi connectivity index (χ1v) is 8.10. The van der Waals surface area contributed by atoms with Crippen molar-refractivity contribution < 1.29 is 22.4 Å². The van der Waals surface area contributed by atoms with Gasteiger partial charge in [0.1, 0.15) is 17.7 Å². The van der Waals surface area contributed by atoms with Gasteiger partial charge in [-0.1, -0.05) is 12.1 Å². The van der Waals surface area contributed by atoms with Crippen LogP contribution in [0.15, 0.2) is 48.8 Å². The highest BCUT2D eigenvalue weighted by Crippen LogP contribution is 2.30. The van der Waals surface area contributed by atoms with Crippen LogP contribution in [0.5, 0.6) is 0 Å². The lowest BCUT2D eigenvalue weighted by Gasteiger charge is -2.29. The lowest BCUT2D eigenvalue weighted by molar-refractivity contribution is -0.182. The van der Waals surface area contributed by atoms with E-state index >= 15 is 0 Å². The Labute approximate surface area is 157 Å². The Bertz CT molecular complexity index is 982. The smallest absolute Gasteiger partial charge is 0.338 e. The lowest BCUT2D eigenvalue weighted by atomic mass is 10.00. The number of rotatable bonds is 4. The SMILES string of the molecule is CC(C)(NC(=O)c1cc(-c2ccc(F)cc2)cc(-n2cnnn2)c1)C(F)(F)F. The fraction of sp³-hybridized carbons (Fsp3) is 0.222. The van der Waals surface area contributed by atoms with Gasteiger partial charge in [0, 0.05) is 5.56 Å². The Kier molecular flexibility index (Phi) is 4.88. The minimum Gasteiger partial charge on any atom is -0.338 e. The molecule has 0 unspecified atom stereocenters. The van der Waals surface area contributed by atoms with Crippen LogP contribution in [0.4, 0.5) is 17.6 Å². The van der Waals surface area contributed by atoms with Gasteiger partial charge in [0.2, 0.25) is 0 Å². The number of benzene rings is 2. The van der Waals surface area contributed by atoms with Gasteiger partial charge in [-0.05, 0) is 65.7 Å². The number of hydrogen-bond donors (Lipinski definition) is 1. The van der Waals surface area contributed by atoms with E-state index in [1.807, 2.05) is 5.32 Å². The molecule has 2 aromatic carbocycles. The van der Waals surface area contributed by atoms with E-state index in [0.29, 0.717) is 16.8 Å². The number of tetrazole rings is 1. The van der Waals surface area contributed by atoms with Gasteiger partial charge < -0.3 is 5.32 Å². The number of aromatic nitrogens is 4. The fourth-order valence-corrected chi connectivity index (χ4v) is 2.39. The van der Waals surface area contributed by atoms with Crippen LogP contribution in [-0.2, 0) is 0 Å². The molecule has 0 radical (unpaired) electrons. The highest BCUT2D eigenvalue weighted by Gasteiger charge is 2.48. The molecule has 0 aliphatic rings. The van der Waals surface area contributed by atoms with Gasteiger partial charge >= 0.3 is 6.18 Å². The van der Waals surface area contributed by atoms with E-state index in [2.05, 4.69) is 15.5 Å². The first-order valence-electron chi connectivity index (χ1n) is 8.10. The summed E-state index contributed by atoms with van der Waals surface area (Å²) >= 11 is 0. The van der Waals surface area contributed by atoms with Crippen LogP contribution in [0.2, 0.25) is 0 Å². The maximum atomic E-state index is 13.2. The number of nitrogens with one attached hydrogen (secondary N) is 1. The molecule has 1 N–H and O–H groups in total.